The van der Waals surface area contributed by atoms with Gasteiger partial charge in [-0.15, -0.1) is 0 Å². The van der Waals surface area contributed by atoms with Gasteiger partial charge in [-0.2, -0.15) is 0 Å². The summed E-state index contributed by atoms with van der Waals surface area (Å²) in [5.41, 5.74) is 1.12. The minimum Gasteiger partial charge on any atom is -0.462 e. The first-order chi connectivity index (χ1) is 11.0. The van der Waals surface area contributed by atoms with Crippen molar-refractivity contribution in [3.63, 3.8) is 0 Å². The summed E-state index contributed by atoms with van der Waals surface area (Å²) in [4.78, 5) is 27.5. The molecule has 0 fully saturated rings. The second-order valence-corrected chi connectivity index (χ2v) is 6.10. The van der Waals surface area contributed by atoms with Gasteiger partial charge >= 0.3 is 5.97 Å². The van der Waals surface area contributed by atoms with Crippen LogP contribution >= 0.6 is 11.8 Å². The monoisotopic (exact) mass is 329 g/mol. The lowest BCUT2D eigenvalue weighted by Gasteiger charge is -2.14. The molecule has 2 rings (SSSR count). The predicted molar refractivity (Wildman–Crippen MR) is 91.0 cm³/mol. The normalized spacial score (nSPS) is 10.2. The first-order valence-corrected chi connectivity index (χ1v) is 8.11. The van der Waals surface area contributed by atoms with Crippen LogP contribution in [0.5, 0.6) is 0 Å². The lowest BCUT2D eigenvalue weighted by Crippen LogP contribution is -2.22. The van der Waals surface area contributed by atoms with Crippen LogP contribution in [0.4, 0.5) is 0 Å². The molecule has 0 unspecified atom stereocenters. The highest BCUT2D eigenvalue weighted by Gasteiger charge is 2.17. The van der Waals surface area contributed by atoms with Crippen LogP contribution in [0.25, 0.3) is 0 Å². The Balaban J connectivity index is 2.38. The second-order valence-electron chi connectivity index (χ2n) is 5.01. The third kappa shape index (κ3) is 4.13. The van der Waals surface area contributed by atoms with E-state index >= 15 is 0 Å². The van der Waals surface area contributed by atoms with E-state index in [0.717, 1.165) is 9.79 Å². The summed E-state index contributed by atoms with van der Waals surface area (Å²) in [5.74, 6) is -0.422. The predicted octanol–water partition coefficient (Wildman–Crippen LogP) is 3.72. The zero-order chi connectivity index (χ0) is 16.8. The van der Waals surface area contributed by atoms with Crippen LogP contribution in [0.15, 0.2) is 58.3 Å². The molecule has 120 valence electrons. The maximum Gasteiger partial charge on any atom is 0.339 e. The van der Waals surface area contributed by atoms with E-state index in [2.05, 4.69) is 0 Å². The van der Waals surface area contributed by atoms with Crippen LogP contribution in [-0.4, -0.2) is 37.5 Å². The van der Waals surface area contributed by atoms with Crippen molar-refractivity contribution < 1.29 is 14.3 Å². The minimum absolute atomic E-state index is 0.0679. The molecule has 0 saturated carbocycles. The lowest BCUT2D eigenvalue weighted by molar-refractivity contribution is 0.0522. The quantitative estimate of drug-likeness (QED) is 0.785. The number of nitrogens with zero attached hydrogens (tertiary/aromatic N) is 1. The molecule has 0 aliphatic carbocycles. The van der Waals surface area contributed by atoms with Gasteiger partial charge in [0.1, 0.15) is 0 Å². The number of hydrogen-bond donors (Lipinski definition) is 0. The molecule has 0 aromatic heterocycles. The second kappa shape index (κ2) is 7.83. The Morgan fingerprint density at radius 2 is 1.48 bits per heavy atom. The van der Waals surface area contributed by atoms with Gasteiger partial charge < -0.3 is 9.64 Å². The topological polar surface area (TPSA) is 46.6 Å². The number of carbonyl (C=O) groups excluding carboxylic acids is 2. The fraction of sp³-hybridized carbons (Fsp3) is 0.222. The number of amides is 1. The Kier molecular flexibility index (Phi) is 5.82. The molecule has 4 nitrogen and oxygen atoms in total. The van der Waals surface area contributed by atoms with Gasteiger partial charge in [-0.25, -0.2) is 4.79 Å². The van der Waals surface area contributed by atoms with Crippen molar-refractivity contribution in [3.8, 4) is 0 Å². The maximum atomic E-state index is 12.3. The molecule has 0 aliphatic heterocycles. The van der Waals surface area contributed by atoms with E-state index in [0.29, 0.717) is 17.7 Å². The molecule has 0 spiro atoms. The summed E-state index contributed by atoms with van der Waals surface area (Å²) in [6.07, 6.45) is 0. The molecule has 0 radical (unpaired) electrons. The third-order valence-electron chi connectivity index (χ3n) is 3.13. The molecule has 5 heteroatoms. The minimum atomic E-state index is -0.355. The maximum absolute atomic E-state index is 12.3. The van der Waals surface area contributed by atoms with E-state index in [9.17, 15) is 9.59 Å². The molecular formula is C18H19NO3S. The van der Waals surface area contributed by atoms with Crippen LogP contribution < -0.4 is 0 Å². The van der Waals surface area contributed by atoms with Gasteiger partial charge in [0.05, 0.1) is 17.7 Å². The molecule has 1 amide bonds. The summed E-state index contributed by atoms with van der Waals surface area (Å²) in [7, 11) is 3.44. The third-order valence-corrected chi connectivity index (χ3v) is 4.28. The Morgan fingerprint density at radius 3 is 2.04 bits per heavy atom. The number of carbonyl (C=O) groups is 2. The number of esters is 1. The molecule has 23 heavy (non-hydrogen) atoms. The van der Waals surface area contributed by atoms with E-state index in [1.165, 1.54) is 16.7 Å². The Bertz CT molecular complexity index is 713. The first kappa shape index (κ1) is 17.1. The van der Waals surface area contributed by atoms with E-state index in [1.54, 1.807) is 39.2 Å². The van der Waals surface area contributed by atoms with E-state index in [1.807, 2.05) is 30.3 Å². The Morgan fingerprint density at radius 1 is 0.957 bits per heavy atom. The van der Waals surface area contributed by atoms with Crippen molar-refractivity contribution in [1.82, 2.24) is 4.90 Å². The number of hydrogen-bond acceptors (Lipinski definition) is 4. The number of benzene rings is 2. The zero-order valence-electron chi connectivity index (χ0n) is 13.4. The SMILES string of the molecule is CCOC(=O)c1ccccc1Sc1ccccc1C(=O)N(C)C. The van der Waals surface area contributed by atoms with E-state index in [-0.39, 0.29) is 11.9 Å². The summed E-state index contributed by atoms with van der Waals surface area (Å²) in [6, 6.07) is 14.6. The van der Waals surface area contributed by atoms with Gasteiger partial charge in [-0.05, 0) is 31.2 Å². The van der Waals surface area contributed by atoms with Crippen molar-refractivity contribution in [1.29, 1.82) is 0 Å². The van der Waals surface area contributed by atoms with Gasteiger partial charge in [-0.1, -0.05) is 36.0 Å². The highest BCUT2D eigenvalue weighted by Crippen LogP contribution is 2.33. The fourth-order valence-electron chi connectivity index (χ4n) is 2.02. The number of rotatable bonds is 5. The molecule has 2 aromatic carbocycles. The Hall–Kier alpha value is -2.27. The first-order valence-electron chi connectivity index (χ1n) is 7.29. The van der Waals surface area contributed by atoms with Crippen molar-refractivity contribution in [3.05, 3.63) is 59.7 Å². The molecule has 0 heterocycles. The van der Waals surface area contributed by atoms with Crippen LogP contribution in [0, 0.1) is 0 Å². The average Bonchev–Trinajstić information content (AvgIpc) is 2.55. The van der Waals surface area contributed by atoms with Crippen molar-refractivity contribution in [2.45, 2.75) is 16.7 Å². The van der Waals surface area contributed by atoms with Gasteiger partial charge in [0.15, 0.2) is 0 Å². The zero-order valence-corrected chi connectivity index (χ0v) is 14.2. The van der Waals surface area contributed by atoms with Crippen LogP contribution in [-0.2, 0) is 4.74 Å². The summed E-state index contributed by atoms with van der Waals surface area (Å²) in [6.45, 7) is 2.10. The summed E-state index contributed by atoms with van der Waals surface area (Å²) >= 11 is 1.39. The van der Waals surface area contributed by atoms with Crippen molar-refractivity contribution in [2.75, 3.05) is 20.7 Å². The summed E-state index contributed by atoms with van der Waals surface area (Å²) in [5, 5.41) is 0. The highest BCUT2D eigenvalue weighted by atomic mass is 32.2. The van der Waals surface area contributed by atoms with Gasteiger partial charge in [0.25, 0.3) is 5.91 Å². The van der Waals surface area contributed by atoms with Crippen molar-refractivity contribution >= 4 is 23.6 Å². The number of ether oxygens (including phenoxy) is 1. The Labute approximate surface area is 140 Å². The molecule has 2 aromatic rings. The van der Waals surface area contributed by atoms with Gasteiger partial charge in [0.2, 0.25) is 0 Å². The largest absolute Gasteiger partial charge is 0.462 e. The van der Waals surface area contributed by atoms with Gasteiger partial charge in [-0.3, -0.25) is 4.79 Å². The molecule has 0 bridgehead atoms. The summed E-state index contributed by atoms with van der Waals surface area (Å²) < 4.78 is 5.09. The molecule has 0 atom stereocenters. The molecular weight excluding hydrogens is 310 g/mol. The van der Waals surface area contributed by atoms with Crippen LogP contribution in [0.3, 0.4) is 0 Å². The standard InChI is InChI=1S/C18H19NO3S/c1-4-22-18(21)14-10-6-8-12-16(14)23-15-11-7-5-9-13(15)17(20)19(2)3/h5-12H,4H2,1-3H3. The average molecular weight is 329 g/mol. The highest BCUT2D eigenvalue weighted by molar-refractivity contribution is 7.99. The van der Waals surface area contributed by atoms with Crippen molar-refractivity contribution in [2.24, 2.45) is 0 Å². The van der Waals surface area contributed by atoms with E-state index in [4.69, 9.17) is 4.74 Å². The molecule has 0 saturated heterocycles. The van der Waals surface area contributed by atoms with E-state index < -0.39 is 0 Å². The van der Waals surface area contributed by atoms with Crippen LogP contribution in [0.1, 0.15) is 27.6 Å². The molecule has 0 N–H and O–H groups in total. The van der Waals surface area contributed by atoms with Gasteiger partial charge in [0, 0.05) is 23.9 Å². The van der Waals surface area contributed by atoms with Crippen LogP contribution in [0.2, 0.25) is 0 Å². The fourth-order valence-corrected chi connectivity index (χ4v) is 3.08. The molecule has 0 aliphatic rings. The lowest BCUT2D eigenvalue weighted by atomic mass is 10.2. The smallest absolute Gasteiger partial charge is 0.339 e.